The molecule has 0 aliphatic carbocycles. The van der Waals surface area contributed by atoms with Crippen molar-refractivity contribution in [3.8, 4) is 51.2 Å². The average molecular weight is 978 g/mol. The average Bonchev–Trinajstić information content (AvgIpc) is 4.20. The number of benzene rings is 9. The van der Waals surface area contributed by atoms with Gasteiger partial charge in [0.05, 0.1) is 33.1 Å². The largest absolute Gasteiger partial charge is 0.292 e. The zero-order valence-corrected chi connectivity index (χ0v) is 40.3. The second-order valence-electron chi connectivity index (χ2n) is 18.4. The van der Waals surface area contributed by atoms with Gasteiger partial charge in [0.15, 0.2) is 17.5 Å². The molecule has 0 N–H and O–H groups in total. The highest BCUT2D eigenvalue weighted by Crippen LogP contribution is 2.34. The molecule has 0 saturated heterocycles. The topological polar surface area (TPSA) is 131 Å². The third-order valence-electron chi connectivity index (χ3n) is 13.8. The molecule has 3 aliphatic rings. The molecule has 13 nitrogen and oxygen atoms in total. The normalized spacial score (nSPS) is 14.0. The highest BCUT2D eigenvalue weighted by atomic mass is 15.5. The Bertz CT molecular complexity index is 4010. The maximum absolute atomic E-state index is 5.10. The fourth-order valence-corrected chi connectivity index (χ4v) is 10.2. The van der Waals surface area contributed by atoms with E-state index >= 15 is 0 Å². The van der Waals surface area contributed by atoms with E-state index in [9.17, 15) is 0 Å². The van der Waals surface area contributed by atoms with E-state index in [-0.39, 0.29) is 0 Å². The Morgan fingerprint density at radius 3 is 0.763 bits per heavy atom. The smallest absolute Gasteiger partial charge is 0.243 e. The molecule has 0 unspecified atom stereocenters. The number of hydrogen-bond acceptors (Lipinski definition) is 10. The molecular weight excluding hydrogens is 939 g/mol. The number of aliphatic imine (C=N–C) groups is 6. The van der Waals surface area contributed by atoms with Crippen molar-refractivity contribution < 1.29 is 0 Å². The lowest BCUT2D eigenvalue weighted by atomic mass is 10.1. The molecule has 356 valence electrons. The van der Waals surface area contributed by atoms with E-state index in [2.05, 4.69) is 105 Å². The number of guanidine groups is 3. The molecule has 0 fully saturated rings. The Morgan fingerprint density at radius 2 is 0.474 bits per heavy atom. The summed E-state index contributed by atoms with van der Waals surface area (Å²) in [7, 11) is 0. The fourth-order valence-electron chi connectivity index (χ4n) is 10.2. The SMILES string of the molecule is c1ccc(-n2c(-c3ccc(C4=NC5=NC(c6ccc(-c7nc8ccccc8n7-c7ccccc7)cc6)=NC6=NC(c7ccc(-c8nc9ccccc9n8-c8ccccc8)cc7)=NC(=N4)N56)cc3)nc3ccccc32)cc1. The molecular formula is C63H39N13. The van der Waals surface area contributed by atoms with Crippen molar-refractivity contribution in [2.75, 3.05) is 0 Å². The lowest BCUT2D eigenvalue weighted by Crippen LogP contribution is -2.48. The number of imidazole rings is 3. The van der Waals surface area contributed by atoms with Crippen LogP contribution in [0.1, 0.15) is 16.7 Å². The number of fused-ring (bicyclic) bond motifs is 3. The molecule has 3 aromatic heterocycles. The van der Waals surface area contributed by atoms with Gasteiger partial charge >= 0.3 is 0 Å². The van der Waals surface area contributed by atoms with Gasteiger partial charge in [0, 0.05) is 50.4 Å². The Labute approximate surface area is 434 Å². The van der Waals surface area contributed by atoms with Crippen molar-refractivity contribution in [2.24, 2.45) is 30.0 Å². The van der Waals surface area contributed by atoms with Crippen molar-refractivity contribution in [1.29, 1.82) is 0 Å². The monoisotopic (exact) mass is 977 g/mol. The standard InChI is InChI=1S/C63H39N13/c1-4-16-46(17-5-1)73-52-25-13-10-22-49(52)64-58(73)43-34-28-40(29-35-43)55-67-61-69-56(41-30-36-44(37-31-41)59-65-50-23-11-14-26-53(50)74(59)47-18-6-2-7-19-47)71-63-72-57(70-62(68-55)76(61)63)42-32-38-45(39-33-42)60-66-51-24-12-15-27-54(51)75(60)48-20-8-3-9-21-48/h1-39H. The Hall–Kier alpha value is -10.8. The highest BCUT2D eigenvalue weighted by molar-refractivity contribution is 6.34. The van der Waals surface area contributed by atoms with Gasteiger partial charge in [-0.05, 0) is 72.8 Å². The quantitative estimate of drug-likeness (QED) is 0.142. The van der Waals surface area contributed by atoms with Gasteiger partial charge in [0.2, 0.25) is 17.9 Å². The number of nitrogens with zero attached hydrogens (tertiary/aromatic N) is 13. The molecule has 0 spiro atoms. The summed E-state index contributed by atoms with van der Waals surface area (Å²) in [6, 6.07) is 79.9. The molecule has 12 aromatic rings. The summed E-state index contributed by atoms with van der Waals surface area (Å²) < 4.78 is 6.57. The van der Waals surface area contributed by atoms with Crippen LogP contribution >= 0.6 is 0 Å². The number of para-hydroxylation sites is 9. The summed E-state index contributed by atoms with van der Waals surface area (Å²) in [6.45, 7) is 0. The Kier molecular flexibility index (Phi) is 9.85. The lowest BCUT2D eigenvalue weighted by Gasteiger charge is -2.30. The predicted octanol–water partition coefficient (Wildman–Crippen LogP) is 12.8. The number of amidine groups is 3. The van der Waals surface area contributed by atoms with E-state index in [4.69, 9.17) is 44.9 Å². The van der Waals surface area contributed by atoms with Gasteiger partial charge in [0.25, 0.3) is 0 Å². The summed E-state index contributed by atoms with van der Waals surface area (Å²) >= 11 is 0. The molecule has 76 heavy (non-hydrogen) atoms. The zero-order valence-electron chi connectivity index (χ0n) is 40.3. The van der Waals surface area contributed by atoms with Gasteiger partial charge in [-0.2, -0.15) is 30.0 Å². The van der Waals surface area contributed by atoms with Crippen LogP contribution in [0.4, 0.5) is 0 Å². The van der Waals surface area contributed by atoms with E-state index < -0.39 is 0 Å². The van der Waals surface area contributed by atoms with Gasteiger partial charge < -0.3 is 0 Å². The van der Waals surface area contributed by atoms with Gasteiger partial charge in [-0.3, -0.25) is 13.7 Å². The first-order chi connectivity index (χ1) is 37.6. The first-order valence-corrected chi connectivity index (χ1v) is 24.9. The third kappa shape index (κ3) is 7.21. The van der Waals surface area contributed by atoms with Crippen LogP contribution in [0.3, 0.4) is 0 Å². The Morgan fingerprint density at radius 1 is 0.224 bits per heavy atom. The third-order valence-corrected chi connectivity index (χ3v) is 13.8. The van der Waals surface area contributed by atoms with Crippen molar-refractivity contribution in [3.05, 3.63) is 253 Å². The maximum atomic E-state index is 5.10. The van der Waals surface area contributed by atoms with Crippen LogP contribution in [0, 0.1) is 0 Å². The van der Waals surface area contributed by atoms with Crippen molar-refractivity contribution in [3.63, 3.8) is 0 Å². The fraction of sp³-hybridized carbons (Fsp3) is 0. The van der Waals surface area contributed by atoms with Crippen LogP contribution in [-0.2, 0) is 0 Å². The highest BCUT2D eigenvalue weighted by Gasteiger charge is 2.36. The Balaban J connectivity index is 0.827. The number of hydrogen-bond donors (Lipinski definition) is 0. The van der Waals surface area contributed by atoms with Crippen LogP contribution in [-0.4, -0.2) is 68.9 Å². The van der Waals surface area contributed by atoms with E-state index in [0.717, 1.165) is 101 Å². The summed E-state index contributed by atoms with van der Waals surface area (Å²) in [4.78, 5) is 47.6. The molecule has 0 amide bonds. The predicted molar refractivity (Wildman–Crippen MR) is 303 cm³/mol. The van der Waals surface area contributed by atoms with Crippen LogP contribution in [0.15, 0.2) is 267 Å². The zero-order chi connectivity index (χ0) is 50.1. The summed E-state index contributed by atoms with van der Waals surface area (Å²) in [5.41, 5.74) is 14.0. The molecule has 3 aliphatic heterocycles. The van der Waals surface area contributed by atoms with Gasteiger partial charge in [-0.1, -0.05) is 164 Å². The molecule has 15 rings (SSSR count). The number of aromatic nitrogens is 6. The van der Waals surface area contributed by atoms with E-state index in [1.165, 1.54) is 0 Å². The molecule has 0 radical (unpaired) electrons. The summed E-state index contributed by atoms with van der Waals surface area (Å²) in [5.74, 6) is 4.89. The van der Waals surface area contributed by atoms with Crippen LogP contribution in [0.5, 0.6) is 0 Å². The molecule has 0 atom stereocenters. The van der Waals surface area contributed by atoms with Crippen molar-refractivity contribution in [1.82, 2.24) is 33.6 Å². The van der Waals surface area contributed by atoms with E-state index in [1.807, 2.05) is 146 Å². The van der Waals surface area contributed by atoms with Crippen molar-refractivity contribution >= 4 is 68.5 Å². The first kappa shape index (κ1) is 42.9. The minimum Gasteiger partial charge on any atom is -0.292 e. The molecule has 9 aromatic carbocycles. The second-order valence-corrected chi connectivity index (χ2v) is 18.4. The van der Waals surface area contributed by atoms with Gasteiger partial charge in [-0.25, -0.2) is 19.9 Å². The molecule has 13 heteroatoms. The number of rotatable bonds is 9. The van der Waals surface area contributed by atoms with E-state index in [0.29, 0.717) is 35.4 Å². The van der Waals surface area contributed by atoms with Gasteiger partial charge in [-0.15, -0.1) is 0 Å². The summed E-state index contributed by atoms with van der Waals surface area (Å²) in [5, 5.41) is 0. The molecule has 6 heterocycles. The van der Waals surface area contributed by atoms with Gasteiger partial charge in [0.1, 0.15) is 17.5 Å². The minimum absolute atomic E-state index is 0.353. The summed E-state index contributed by atoms with van der Waals surface area (Å²) in [6.07, 6.45) is 0. The molecule has 0 saturated carbocycles. The molecule has 0 bridgehead atoms. The van der Waals surface area contributed by atoms with Crippen LogP contribution in [0.25, 0.3) is 84.3 Å². The first-order valence-electron chi connectivity index (χ1n) is 24.9. The maximum Gasteiger partial charge on any atom is 0.243 e. The van der Waals surface area contributed by atoms with Crippen LogP contribution < -0.4 is 0 Å². The minimum atomic E-state index is 0.353. The van der Waals surface area contributed by atoms with Crippen molar-refractivity contribution in [2.45, 2.75) is 0 Å². The van der Waals surface area contributed by atoms with E-state index in [1.54, 1.807) is 4.90 Å². The lowest BCUT2D eigenvalue weighted by molar-refractivity contribution is 0.828. The van der Waals surface area contributed by atoms with Crippen LogP contribution in [0.2, 0.25) is 0 Å². The second kappa shape index (κ2) is 17.5.